The molecule has 7 heteroatoms. The number of benzene rings is 1. The molecule has 0 saturated carbocycles. The van der Waals surface area contributed by atoms with E-state index in [0.717, 1.165) is 26.1 Å². The first-order chi connectivity index (χ1) is 13.1. The highest BCUT2D eigenvalue weighted by Crippen LogP contribution is 2.34. The number of hydrogen-bond donors (Lipinski definition) is 0. The molecule has 1 aromatic rings. The number of rotatable bonds is 4. The smallest absolute Gasteiger partial charge is 0.223 e. The third kappa shape index (κ3) is 4.19. The highest BCUT2D eigenvalue weighted by molar-refractivity contribution is 8.15. The number of thioether (sulfide) groups is 1. The second-order valence-corrected chi connectivity index (χ2v) is 8.49. The van der Waals surface area contributed by atoms with E-state index in [0.29, 0.717) is 43.5 Å². The van der Waals surface area contributed by atoms with E-state index in [2.05, 4.69) is 4.90 Å². The molecular weight excluding hydrogens is 365 g/mol. The summed E-state index contributed by atoms with van der Waals surface area (Å²) in [5.74, 6) is -0.0466. The SMILES string of the molecule is O=C1C=C2CN(CCC(=O)N3CCN(c4ccccc4F)CC3)CCC2S1. The molecule has 4 rings (SSSR count). The summed E-state index contributed by atoms with van der Waals surface area (Å²) in [6.07, 6.45) is 3.25. The van der Waals surface area contributed by atoms with Gasteiger partial charge in [0, 0.05) is 50.9 Å². The van der Waals surface area contributed by atoms with Gasteiger partial charge in [-0.25, -0.2) is 4.39 Å². The van der Waals surface area contributed by atoms with E-state index < -0.39 is 0 Å². The van der Waals surface area contributed by atoms with E-state index >= 15 is 0 Å². The Balaban J connectivity index is 1.24. The molecular formula is C20H24FN3O2S. The molecule has 1 atom stereocenters. The van der Waals surface area contributed by atoms with Crippen molar-refractivity contribution in [2.75, 3.05) is 50.7 Å². The Morgan fingerprint density at radius 2 is 1.93 bits per heavy atom. The molecule has 0 N–H and O–H groups in total. The second kappa shape index (κ2) is 8.02. The minimum atomic E-state index is -0.210. The quantitative estimate of drug-likeness (QED) is 0.790. The maximum atomic E-state index is 13.9. The lowest BCUT2D eigenvalue weighted by Gasteiger charge is -2.37. The molecule has 144 valence electrons. The Kier molecular flexibility index (Phi) is 5.50. The van der Waals surface area contributed by atoms with Gasteiger partial charge in [-0.2, -0.15) is 0 Å². The number of piperazine rings is 1. The fraction of sp³-hybridized carbons (Fsp3) is 0.500. The van der Waals surface area contributed by atoms with E-state index in [1.165, 1.54) is 23.4 Å². The molecule has 0 bridgehead atoms. The predicted octanol–water partition coefficient (Wildman–Crippen LogP) is 2.14. The Morgan fingerprint density at radius 1 is 1.15 bits per heavy atom. The number of anilines is 1. The Labute approximate surface area is 163 Å². The number of piperidine rings is 1. The monoisotopic (exact) mass is 389 g/mol. The lowest BCUT2D eigenvalue weighted by Crippen LogP contribution is -2.49. The number of likely N-dealkylation sites (tertiary alicyclic amines) is 1. The molecule has 2 fully saturated rings. The molecule has 3 aliphatic rings. The number of para-hydroxylation sites is 1. The number of carbonyl (C=O) groups excluding carboxylic acids is 2. The van der Waals surface area contributed by atoms with E-state index in [9.17, 15) is 14.0 Å². The Morgan fingerprint density at radius 3 is 2.70 bits per heavy atom. The van der Waals surface area contributed by atoms with Crippen molar-refractivity contribution in [2.24, 2.45) is 0 Å². The van der Waals surface area contributed by atoms with Crippen LogP contribution in [0.4, 0.5) is 10.1 Å². The fourth-order valence-electron chi connectivity index (χ4n) is 4.03. The number of nitrogens with zero attached hydrogens (tertiary/aromatic N) is 3. The van der Waals surface area contributed by atoms with Gasteiger partial charge in [0.05, 0.1) is 5.69 Å². The zero-order chi connectivity index (χ0) is 18.8. The van der Waals surface area contributed by atoms with Crippen LogP contribution in [0.5, 0.6) is 0 Å². The minimum Gasteiger partial charge on any atom is -0.366 e. The van der Waals surface area contributed by atoms with Crippen LogP contribution < -0.4 is 4.90 Å². The van der Waals surface area contributed by atoms with Crippen molar-refractivity contribution in [2.45, 2.75) is 18.1 Å². The zero-order valence-electron chi connectivity index (χ0n) is 15.3. The lowest BCUT2D eigenvalue weighted by atomic mass is 10.0. The van der Waals surface area contributed by atoms with Gasteiger partial charge in [-0.3, -0.25) is 14.5 Å². The molecule has 3 heterocycles. The third-order valence-electron chi connectivity index (χ3n) is 5.56. The third-order valence-corrected chi connectivity index (χ3v) is 6.73. The molecule has 3 aliphatic heterocycles. The number of fused-ring (bicyclic) bond motifs is 1. The summed E-state index contributed by atoms with van der Waals surface area (Å²) in [5.41, 5.74) is 1.83. The molecule has 1 unspecified atom stereocenters. The molecule has 0 aliphatic carbocycles. The molecule has 1 aromatic carbocycles. The first kappa shape index (κ1) is 18.5. The van der Waals surface area contributed by atoms with Gasteiger partial charge in [0.1, 0.15) is 5.82 Å². The maximum absolute atomic E-state index is 13.9. The molecule has 0 aromatic heterocycles. The first-order valence-electron chi connectivity index (χ1n) is 9.51. The number of amides is 1. The predicted molar refractivity (Wildman–Crippen MR) is 105 cm³/mol. The zero-order valence-corrected chi connectivity index (χ0v) is 16.1. The van der Waals surface area contributed by atoms with Gasteiger partial charge in [-0.15, -0.1) is 0 Å². The molecule has 5 nitrogen and oxygen atoms in total. The minimum absolute atomic E-state index is 0.163. The van der Waals surface area contributed by atoms with Crippen LogP contribution in [0.3, 0.4) is 0 Å². The lowest BCUT2D eigenvalue weighted by molar-refractivity contribution is -0.131. The summed E-state index contributed by atoms with van der Waals surface area (Å²) in [4.78, 5) is 30.2. The summed E-state index contributed by atoms with van der Waals surface area (Å²) in [7, 11) is 0. The van der Waals surface area contributed by atoms with Crippen LogP contribution in [0.25, 0.3) is 0 Å². The van der Waals surface area contributed by atoms with Crippen LogP contribution in [0.2, 0.25) is 0 Å². The summed E-state index contributed by atoms with van der Waals surface area (Å²) in [5, 5.41) is 0.525. The van der Waals surface area contributed by atoms with Gasteiger partial charge in [0.2, 0.25) is 11.0 Å². The standard InChI is InChI=1S/C20H24FN3O2S/c21-16-3-1-2-4-17(16)23-9-11-24(12-10-23)19(25)6-8-22-7-5-18-15(14-22)13-20(26)27-18/h1-4,13,18H,5-12,14H2. The normalized spacial score (nSPS) is 23.4. The maximum Gasteiger partial charge on any atom is 0.223 e. The van der Waals surface area contributed by atoms with Gasteiger partial charge in [-0.1, -0.05) is 23.9 Å². The fourth-order valence-corrected chi connectivity index (χ4v) is 5.05. The highest BCUT2D eigenvalue weighted by Gasteiger charge is 2.31. The van der Waals surface area contributed by atoms with Gasteiger partial charge in [0.15, 0.2) is 0 Å². The summed E-state index contributed by atoms with van der Waals surface area (Å²) in [6, 6.07) is 6.79. The van der Waals surface area contributed by atoms with E-state index in [4.69, 9.17) is 0 Å². The van der Waals surface area contributed by atoms with E-state index in [1.54, 1.807) is 18.2 Å². The highest BCUT2D eigenvalue weighted by atomic mass is 32.2. The molecule has 27 heavy (non-hydrogen) atoms. The van der Waals surface area contributed by atoms with E-state index in [1.807, 2.05) is 15.9 Å². The first-order valence-corrected chi connectivity index (χ1v) is 10.4. The molecule has 2 saturated heterocycles. The average molecular weight is 389 g/mol. The molecule has 0 spiro atoms. The molecule has 0 radical (unpaired) electrons. The van der Waals surface area contributed by atoms with Crippen LogP contribution in [-0.4, -0.2) is 71.9 Å². The summed E-state index contributed by atoms with van der Waals surface area (Å²) < 4.78 is 13.9. The van der Waals surface area contributed by atoms with Crippen molar-refractivity contribution in [1.82, 2.24) is 9.80 Å². The average Bonchev–Trinajstić information content (AvgIpc) is 3.06. The van der Waals surface area contributed by atoms with Crippen molar-refractivity contribution in [3.05, 3.63) is 41.7 Å². The Bertz CT molecular complexity index is 761. The van der Waals surface area contributed by atoms with Crippen molar-refractivity contribution in [1.29, 1.82) is 0 Å². The van der Waals surface area contributed by atoms with Gasteiger partial charge in [0.25, 0.3) is 0 Å². The van der Waals surface area contributed by atoms with Gasteiger partial charge < -0.3 is 9.80 Å². The second-order valence-electron chi connectivity index (χ2n) is 7.28. The van der Waals surface area contributed by atoms with Crippen molar-refractivity contribution >= 4 is 28.5 Å². The van der Waals surface area contributed by atoms with Crippen LogP contribution in [-0.2, 0) is 9.59 Å². The van der Waals surface area contributed by atoms with Crippen LogP contribution in [0, 0.1) is 5.82 Å². The topological polar surface area (TPSA) is 43.9 Å². The molecule has 1 amide bonds. The van der Waals surface area contributed by atoms with Crippen molar-refractivity contribution in [3.8, 4) is 0 Å². The van der Waals surface area contributed by atoms with Gasteiger partial charge >= 0.3 is 0 Å². The summed E-state index contributed by atoms with van der Waals surface area (Å²) >= 11 is 1.43. The largest absolute Gasteiger partial charge is 0.366 e. The number of hydrogen-bond acceptors (Lipinski definition) is 5. The van der Waals surface area contributed by atoms with Crippen molar-refractivity contribution < 1.29 is 14.0 Å². The van der Waals surface area contributed by atoms with Crippen LogP contribution in [0.15, 0.2) is 35.9 Å². The van der Waals surface area contributed by atoms with Crippen LogP contribution >= 0.6 is 11.8 Å². The van der Waals surface area contributed by atoms with Gasteiger partial charge in [-0.05, 0) is 36.7 Å². The number of carbonyl (C=O) groups is 2. The van der Waals surface area contributed by atoms with E-state index in [-0.39, 0.29) is 16.8 Å². The van der Waals surface area contributed by atoms with Crippen LogP contribution in [0.1, 0.15) is 12.8 Å². The summed E-state index contributed by atoms with van der Waals surface area (Å²) in [6.45, 7) is 5.05. The Hall–Kier alpha value is -1.86. The van der Waals surface area contributed by atoms with Crippen molar-refractivity contribution in [3.63, 3.8) is 0 Å². The number of halogens is 1.